The van der Waals surface area contributed by atoms with Crippen LogP contribution < -0.4 is 5.32 Å². The molecule has 0 atom stereocenters. The molecule has 4 rings (SSSR count). The van der Waals surface area contributed by atoms with Crippen LogP contribution in [0.5, 0.6) is 0 Å². The molecule has 3 N–H and O–H groups in total. The first-order chi connectivity index (χ1) is 23.1. The fourth-order valence-electron chi connectivity index (χ4n) is 4.92. The van der Waals surface area contributed by atoms with Crippen molar-refractivity contribution in [1.29, 1.82) is 0 Å². The summed E-state index contributed by atoms with van der Waals surface area (Å²) >= 11 is 6.38. The van der Waals surface area contributed by atoms with Gasteiger partial charge in [-0.05, 0) is 53.1 Å². The van der Waals surface area contributed by atoms with E-state index in [1.807, 2.05) is 0 Å². The number of aliphatic carboxylic acids is 2. The minimum atomic E-state index is -4.57. The van der Waals surface area contributed by atoms with Gasteiger partial charge in [-0.25, -0.2) is 0 Å². The topological polar surface area (TPSA) is 150 Å². The SMILES string of the molecule is CN(C)C(=O)c1cc(CC(=O)OCC(C(=O)O)(C(=O)O)c2ccccc2)ccc1NC(=O)c1cccc(Cl)c1-c1ccc(C(F)(F)F)cc1. The average Bonchev–Trinajstić information content (AvgIpc) is 3.05. The molecular weight excluding hydrogens is 669 g/mol. The lowest BCUT2D eigenvalue weighted by atomic mass is 9.81. The predicted octanol–water partition coefficient (Wildman–Crippen LogP) is 6.17. The standard InChI is InChI=1S/C35H28ClF3N2O8/c1-41(2)31(44)25-17-20(18-28(42)49-19-34(32(45)46,33(47)48)22-7-4-3-5-8-22)11-16-27(25)40-30(43)24-9-6-10-26(36)29(24)21-12-14-23(15-13-21)35(37,38)39/h3-17H,18-19H2,1-2H3,(H,40,43)(H,45,46)(H,47,48). The van der Waals surface area contributed by atoms with Crippen LogP contribution in [0.1, 0.15) is 37.4 Å². The van der Waals surface area contributed by atoms with Crippen molar-refractivity contribution >= 4 is 47.0 Å². The number of nitrogens with zero attached hydrogens (tertiary/aromatic N) is 1. The largest absolute Gasteiger partial charge is 0.480 e. The van der Waals surface area contributed by atoms with Crippen molar-refractivity contribution in [2.24, 2.45) is 0 Å². The second-order valence-electron chi connectivity index (χ2n) is 11.0. The number of carbonyl (C=O) groups is 5. The van der Waals surface area contributed by atoms with E-state index in [4.69, 9.17) is 16.3 Å². The van der Waals surface area contributed by atoms with Crippen LogP contribution in [0.3, 0.4) is 0 Å². The van der Waals surface area contributed by atoms with Gasteiger partial charge in [0.1, 0.15) is 6.61 Å². The number of halogens is 4. The summed E-state index contributed by atoms with van der Waals surface area (Å²) in [5, 5.41) is 22.4. The smallest absolute Gasteiger partial charge is 0.416 e. The Morgan fingerprint density at radius 3 is 2.00 bits per heavy atom. The fraction of sp³-hybridized carbons (Fsp3) is 0.171. The van der Waals surface area contributed by atoms with E-state index in [2.05, 4.69) is 5.32 Å². The molecule has 2 amide bonds. The Hall–Kier alpha value is -5.69. The lowest BCUT2D eigenvalue weighted by Crippen LogP contribution is -2.48. The highest BCUT2D eigenvalue weighted by atomic mass is 35.5. The summed E-state index contributed by atoms with van der Waals surface area (Å²) in [6, 6.07) is 19.6. The van der Waals surface area contributed by atoms with E-state index in [-0.39, 0.29) is 44.1 Å². The van der Waals surface area contributed by atoms with E-state index in [1.54, 1.807) is 6.07 Å². The maximum Gasteiger partial charge on any atom is 0.416 e. The average molecular weight is 697 g/mol. The molecule has 0 radical (unpaired) electrons. The summed E-state index contributed by atoms with van der Waals surface area (Å²) in [5.74, 6) is -5.77. The molecule has 0 fully saturated rings. The molecule has 0 aliphatic heterocycles. The quantitative estimate of drug-likeness (QED) is 0.124. The Balaban J connectivity index is 1.60. The lowest BCUT2D eigenvalue weighted by molar-refractivity contribution is -0.164. The Labute approximate surface area is 282 Å². The number of rotatable bonds is 11. The highest BCUT2D eigenvalue weighted by molar-refractivity contribution is 6.34. The molecule has 4 aromatic carbocycles. The molecule has 0 aliphatic carbocycles. The van der Waals surface area contributed by atoms with Gasteiger partial charge in [0, 0.05) is 30.2 Å². The molecule has 4 aromatic rings. The van der Waals surface area contributed by atoms with Crippen LogP contribution in [0, 0.1) is 0 Å². The summed E-state index contributed by atoms with van der Waals surface area (Å²) in [7, 11) is 2.91. The van der Waals surface area contributed by atoms with Crippen molar-refractivity contribution in [3.8, 4) is 11.1 Å². The van der Waals surface area contributed by atoms with Gasteiger partial charge in [-0.1, -0.05) is 66.2 Å². The summed E-state index contributed by atoms with van der Waals surface area (Å²) in [5.41, 5.74) is -2.97. The number of alkyl halides is 3. The molecule has 0 saturated carbocycles. The third kappa shape index (κ3) is 7.90. The summed E-state index contributed by atoms with van der Waals surface area (Å²) in [6.07, 6.45) is -5.06. The summed E-state index contributed by atoms with van der Waals surface area (Å²) in [6.45, 7) is -1.01. The molecule has 0 unspecified atom stereocenters. The van der Waals surface area contributed by atoms with E-state index < -0.39 is 59.9 Å². The number of carboxylic acids is 2. The first-order valence-electron chi connectivity index (χ1n) is 14.4. The van der Waals surface area contributed by atoms with Crippen LogP contribution in [-0.4, -0.2) is 65.5 Å². The van der Waals surface area contributed by atoms with Gasteiger partial charge in [-0.2, -0.15) is 13.2 Å². The van der Waals surface area contributed by atoms with E-state index in [9.17, 15) is 47.4 Å². The van der Waals surface area contributed by atoms with Gasteiger partial charge in [-0.15, -0.1) is 0 Å². The zero-order chi connectivity index (χ0) is 36.1. The van der Waals surface area contributed by atoms with E-state index in [0.29, 0.717) is 0 Å². The second-order valence-corrected chi connectivity index (χ2v) is 11.4. The third-order valence-corrected chi connectivity index (χ3v) is 7.84. The van der Waals surface area contributed by atoms with Gasteiger partial charge in [0.05, 0.1) is 23.2 Å². The second kappa shape index (κ2) is 14.6. The number of anilines is 1. The number of esters is 1. The monoisotopic (exact) mass is 696 g/mol. The molecule has 0 saturated heterocycles. The Morgan fingerprint density at radius 2 is 1.43 bits per heavy atom. The molecule has 14 heteroatoms. The van der Waals surface area contributed by atoms with Crippen molar-refractivity contribution in [3.63, 3.8) is 0 Å². The third-order valence-electron chi connectivity index (χ3n) is 7.52. The van der Waals surface area contributed by atoms with Crippen LogP contribution in [0.15, 0.2) is 91.0 Å². The van der Waals surface area contributed by atoms with Crippen LogP contribution in [0.2, 0.25) is 5.02 Å². The fourth-order valence-corrected chi connectivity index (χ4v) is 5.21. The lowest BCUT2D eigenvalue weighted by Gasteiger charge is -2.25. The minimum Gasteiger partial charge on any atom is -0.480 e. The van der Waals surface area contributed by atoms with Gasteiger partial charge in [0.2, 0.25) is 5.41 Å². The van der Waals surface area contributed by atoms with Crippen LogP contribution >= 0.6 is 11.6 Å². The van der Waals surface area contributed by atoms with Crippen molar-refractivity contribution in [3.05, 3.63) is 124 Å². The van der Waals surface area contributed by atoms with Gasteiger partial charge < -0.3 is 25.2 Å². The number of ether oxygens (including phenoxy) is 1. The molecule has 0 bridgehead atoms. The molecule has 254 valence electrons. The van der Waals surface area contributed by atoms with E-state index in [1.165, 1.54) is 91.8 Å². The number of nitrogens with one attached hydrogen (secondary N) is 1. The van der Waals surface area contributed by atoms with Crippen LogP contribution in [0.25, 0.3) is 11.1 Å². The molecule has 0 aliphatic rings. The predicted molar refractivity (Wildman–Crippen MR) is 172 cm³/mol. The summed E-state index contributed by atoms with van der Waals surface area (Å²) in [4.78, 5) is 65.0. The van der Waals surface area contributed by atoms with Crippen molar-refractivity contribution in [2.75, 3.05) is 26.0 Å². The van der Waals surface area contributed by atoms with Crippen LogP contribution in [0.4, 0.5) is 18.9 Å². The van der Waals surface area contributed by atoms with Gasteiger partial charge in [0.15, 0.2) is 0 Å². The molecule has 0 heterocycles. The van der Waals surface area contributed by atoms with Crippen molar-refractivity contribution < 1.29 is 52.1 Å². The number of amides is 2. The van der Waals surface area contributed by atoms with Crippen molar-refractivity contribution in [1.82, 2.24) is 4.90 Å². The Morgan fingerprint density at radius 1 is 0.796 bits per heavy atom. The number of benzene rings is 4. The van der Waals surface area contributed by atoms with E-state index in [0.717, 1.165) is 12.1 Å². The number of hydrogen-bond donors (Lipinski definition) is 3. The molecule has 10 nitrogen and oxygen atoms in total. The molecule has 0 spiro atoms. The first kappa shape index (κ1) is 36.2. The van der Waals surface area contributed by atoms with Gasteiger partial charge in [-0.3, -0.25) is 24.0 Å². The van der Waals surface area contributed by atoms with Crippen LogP contribution in [-0.2, 0) is 37.1 Å². The highest BCUT2D eigenvalue weighted by Crippen LogP contribution is 2.35. The number of carbonyl (C=O) groups excluding carboxylic acids is 3. The normalized spacial score (nSPS) is 11.4. The summed E-state index contributed by atoms with van der Waals surface area (Å²) < 4.78 is 44.5. The Bertz CT molecular complexity index is 1900. The molecule has 49 heavy (non-hydrogen) atoms. The zero-order valence-corrected chi connectivity index (χ0v) is 26.6. The molecule has 0 aromatic heterocycles. The van der Waals surface area contributed by atoms with Crippen molar-refractivity contribution in [2.45, 2.75) is 18.0 Å². The highest BCUT2D eigenvalue weighted by Gasteiger charge is 2.50. The minimum absolute atomic E-state index is 0.00178. The van der Waals surface area contributed by atoms with Gasteiger partial charge in [0.25, 0.3) is 11.8 Å². The first-order valence-corrected chi connectivity index (χ1v) is 14.7. The van der Waals surface area contributed by atoms with Gasteiger partial charge >= 0.3 is 24.1 Å². The molecular formula is C35H28ClF3N2O8. The maximum atomic E-state index is 13.6. The van der Waals surface area contributed by atoms with E-state index >= 15 is 0 Å². The number of carboxylic acid groups (broad SMARTS) is 2. The Kier molecular flexibility index (Phi) is 10.8. The zero-order valence-electron chi connectivity index (χ0n) is 25.9. The number of hydrogen-bond acceptors (Lipinski definition) is 6. The maximum absolute atomic E-state index is 13.6.